The summed E-state index contributed by atoms with van der Waals surface area (Å²) in [6.07, 6.45) is 4.37. The SMILES string of the molecule is Cc1ccccc1-c1cn[nH]c1C1CCN(Cc2ccccc2)CC1. The number of aromatic amines is 1. The summed E-state index contributed by atoms with van der Waals surface area (Å²) in [5, 5.41) is 7.66. The number of aromatic nitrogens is 2. The van der Waals surface area contributed by atoms with Crippen LogP contribution in [-0.4, -0.2) is 28.2 Å². The highest BCUT2D eigenvalue weighted by Gasteiger charge is 2.24. The van der Waals surface area contributed by atoms with E-state index in [0.717, 1.165) is 19.6 Å². The molecule has 1 aromatic heterocycles. The summed E-state index contributed by atoms with van der Waals surface area (Å²) in [4.78, 5) is 2.57. The second-order valence-corrected chi connectivity index (χ2v) is 7.05. The molecule has 0 atom stereocenters. The highest BCUT2D eigenvalue weighted by molar-refractivity contribution is 5.69. The average molecular weight is 331 g/mol. The number of aryl methyl sites for hydroxylation is 1. The van der Waals surface area contributed by atoms with Crippen molar-refractivity contribution >= 4 is 0 Å². The second kappa shape index (κ2) is 7.24. The van der Waals surface area contributed by atoms with Crippen LogP contribution in [0, 0.1) is 6.92 Å². The lowest BCUT2D eigenvalue weighted by Crippen LogP contribution is -2.32. The first-order valence-corrected chi connectivity index (χ1v) is 9.17. The molecule has 1 fully saturated rings. The monoisotopic (exact) mass is 331 g/mol. The van der Waals surface area contributed by atoms with Crippen LogP contribution in [0.5, 0.6) is 0 Å². The third kappa shape index (κ3) is 3.52. The standard InChI is InChI=1S/C22H25N3/c1-17-7-5-6-10-20(17)21-15-23-24-22(21)19-11-13-25(14-12-19)16-18-8-3-2-4-9-18/h2-10,15,19H,11-14,16H2,1H3,(H,23,24). The van der Waals surface area contributed by atoms with Gasteiger partial charge in [0.2, 0.25) is 0 Å². The molecule has 0 bridgehead atoms. The average Bonchev–Trinajstić information content (AvgIpc) is 3.13. The van der Waals surface area contributed by atoms with E-state index in [1.54, 1.807) is 0 Å². The third-order valence-electron chi connectivity index (χ3n) is 5.35. The van der Waals surface area contributed by atoms with Gasteiger partial charge in [-0.05, 0) is 49.5 Å². The molecule has 3 aromatic rings. The van der Waals surface area contributed by atoms with Crippen LogP contribution in [0.4, 0.5) is 0 Å². The van der Waals surface area contributed by atoms with Crippen LogP contribution in [-0.2, 0) is 6.54 Å². The van der Waals surface area contributed by atoms with Crippen LogP contribution < -0.4 is 0 Å². The van der Waals surface area contributed by atoms with Crippen LogP contribution >= 0.6 is 0 Å². The summed E-state index contributed by atoms with van der Waals surface area (Å²) in [7, 11) is 0. The molecule has 2 aromatic carbocycles. The fraction of sp³-hybridized carbons (Fsp3) is 0.318. The number of nitrogens with zero attached hydrogens (tertiary/aromatic N) is 2. The van der Waals surface area contributed by atoms with Gasteiger partial charge in [-0.1, -0.05) is 54.6 Å². The van der Waals surface area contributed by atoms with E-state index in [0.29, 0.717) is 5.92 Å². The van der Waals surface area contributed by atoms with E-state index < -0.39 is 0 Å². The molecule has 128 valence electrons. The molecule has 0 saturated carbocycles. The van der Waals surface area contributed by atoms with E-state index in [2.05, 4.69) is 76.6 Å². The molecule has 1 saturated heterocycles. The van der Waals surface area contributed by atoms with Gasteiger partial charge in [0.05, 0.1) is 6.20 Å². The van der Waals surface area contributed by atoms with Crippen molar-refractivity contribution in [2.24, 2.45) is 0 Å². The highest BCUT2D eigenvalue weighted by Crippen LogP contribution is 2.35. The molecule has 4 rings (SSSR count). The zero-order valence-electron chi connectivity index (χ0n) is 14.8. The first-order valence-electron chi connectivity index (χ1n) is 9.17. The van der Waals surface area contributed by atoms with E-state index in [-0.39, 0.29) is 0 Å². The Hall–Kier alpha value is -2.39. The van der Waals surface area contributed by atoms with Gasteiger partial charge in [0, 0.05) is 23.7 Å². The van der Waals surface area contributed by atoms with Gasteiger partial charge in [0.25, 0.3) is 0 Å². The van der Waals surface area contributed by atoms with Crippen molar-refractivity contribution in [1.82, 2.24) is 15.1 Å². The van der Waals surface area contributed by atoms with Crippen molar-refractivity contribution in [2.75, 3.05) is 13.1 Å². The van der Waals surface area contributed by atoms with Gasteiger partial charge in [-0.3, -0.25) is 10.00 Å². The number of H-pyrrole nitrogens is 1. The van der Waals surface area contributed by atoms with Gasteiger partial charge in [-0.15, -0.1) is 0 Å². The van der Waals surface area contributed by atoms with Crippen molar-refractivity contribution in [3.8, 4) is 11.1 Å². The molecule has 0 aliphatic carbocycles. The highest BCUT2D eigenvalue weighted by atomic mass is 15.1. The van der Waals surface area contributed by atoms with E-state index in [1.165, 1.54) is 40.8 Å². The smallest absolute Gasteiger partial charge is 0.0568 e. The van der Waals surface area contributed by atoms with E-state index >= 15 is 0 Å². The number of piperidine rings is 1. The summed E-state index contributed by atoms with van der Waals surface area (Å²) < 4.78 is 0. The number of rotatable bonds is 4. The van der Waals surface area contributed by atoms with Gasteiger partial charge in [-0.25, -0.2) is 0 Å². The summed E-state index contributed by atoms with van der Waals surface area (Å²) in [6, 6.07) is 19.4. The fourth-order valence-corrected chi connectivity index (χ4v) is 3.92. The summed E-state index contributed by atoms with van der Waals surface area (Å²) >= 11 is 0. The quantitative estimate of drug-likeness (QED) is 0.747. The molecule has 3 nitrogen and oxygen atoms in total. The molecular weight excluding hydrogens is 306 g/mol. The predicted octanol–water partition coefficient (Wildman–Crippen LogP) is 4.76. The minimum Gasteiger partial charge on any atom is -0.299 e. The maximum absolute atomic E-state index is 4.36. The zero-order chi connectivity index (χ0) is 17.1. The predicted molar refractivity (Wildman–Crippen MR) is 102 cm³/mol. The molecule has 0 amide bonds. The number of nitrogens with one attached hydrogen (secondary N) is 1. The molecule has 1 aliphatic heterocycles. The van der Waals surface area contributed by atoms with Crippen LogP contribution in [0.15, 0.2) is 60.8 Å². The molecule has 0 unspecified atom stereocenters. The van der Waals surface area contributed by atoms with Gasteiger partial charge >= 0.3 is 0 Å². The lowest BCUT2D eigenvalue weighted by molar-refractivity contribution is 0.203. The molecular formula is C22H25N3. The molecule has 2 heterocycles. The first-order chi connectivity index (χ1) is 12.3. The Labute approximate surface area is 149 Å². The molecule has 0 radical (unpaired) electrons. The normalized spacial score (nSPS) is 16.2. The number of likely N-dealkylation sites (tertiary alicyclic amines) is 1. The van der Waals surface area contributed by atoms with Gasteiger partial charge in [-0.2, -0.15) is 5.10 Å². The Morgan fingerprint density at radius 2 is 1.68 bits per heavy atom. The topological polar surface area (TPSA) is 31.9 Å². The van der Waals surface area contributed by atoms with Crippen LogP contribution in [0.25, 0.3) is 11.1 Å². The van der Waals surface area contributed by atoms with Crippen molar-refractivity contribution < 1.29 is 0 Å². The lowest BCUT2D eigenvalue weighted by atomic mass is 9.88. The largest absolute Gasteiger partial charge is 0.299 e. The van der Waals surface area contributed by atoms with Crippen molar-refractivity contribution in [3.05, 3.63) is 77.6 Å². The summed E-state index contributed by atoms with van der Waals surface area (Å²) in [5.41, 5.74) is 6.61. The van der Waals surface area contributed by atoms with Crippen molar-refractivity contribution in [2.45, 2.75) is 32.2 Å². The van der Waals surface area contributed by atoms with E-state index in [1.807, 2.05) is 6.20 Å². The number of hydrogen-bond donors (Lipinski definition) is 1. The minimum absolute atomic E-state index is 0.573. The third-order valence-corrected chi connectivity index (χ3v) is 5.35. The molecule has 1 aliphatic rings. The summed E-state index contributed by atoms with van der Waals surface area (Å²) in [6.45, 7) is 5.52. The van der Waals surface area contributed by atoms with Gasteiger partial charge < -0.3 is 0 Å². The molecule has 3 heteroatoms. The van der Waals surface area contributed by atoms with Crippen LogP contribution in [0.2, 0.25) is 0 Å². The van der Waals surface area contributed by atoms with Gasteiger partial charge in [0.1, 0.15) is 0 Å². The Morgan fingerprint density at radius 3 is 2.44 bits per heavy atom. The van der Waals surface area contributed by atoms with Gasteiger partial charge in [0.15, 0.2) is 0 Å². The molecule has 25 heavy (non-hydrogen) atoms. The fourth-order valence-electron chi connectivity index (χ4n) is 3.92. The minimum atomic E-state index is 0.573. The Balaban J connectivity index is 1.45. The van der Waals surface area contributed by atoms with Crippen LogP contribution in [0.1, 0.15) is 35.6 Å². The number of hydrogen-bond acceptors (Lipinski definition) is 2. The van der Waals surface area contributed by atoms with Crippen molar-refractivity contribution in [3.63, 3.8) is 0 Å². The van der Waals surface area contributed by atoms with Crippen molar-refractivity contribution in [1.29, 1.82) is 0 Å². The lowest BCUT2D eigenvalue weighted by Gasteiger charge is -2.32. The van der Waals surface area contributed by atoms with E-state index in [9.17, 15) is 0 Å². The Kier molecular flexibility index (Phi) is 4.66. The van der Waals surface area contributed by atoms with Crippen LogP contribution in [0.3, 0.4) is 0 Å². The Morgan fingerprint density at radius 1 is 0.960 bits per heavy atom. The number of benzene rings is 2. The first kappa shape index (κ1) is 16.1. The zero-order valence-corrected chi connectivity index (χ0v) is 14.8. The Bertz CT molecular complexity index is 814. The second-order valence-electron chi connectivity index (χ2n) is 7.05. The molecule has 1 N–H and O–H groups in total. The summed E-state index contributed by atoms with van der Waals surface area (Å²) in [5.74, 6) is 0.573. The van der Waals surface area contributed by atoms with E-state index in [4.69, 9.17) is 0 Å². The maximum atomic E-state index is 4.36. The molecule has 0 spiro atoms. The maximum Gasteiger partial charge on any atom is 0.0568 e.